The third kappa shape index (κ3) is 3.98. The number of fused-ring (bicyclic) bond motifs is 1. The summed E-state index contributed by atoms with van der Waals surface area (Å²) in [5, 5.41) is 0. The molecule has 3 nitrogen and oxygen atoms in total. The van der Waals surface area contributed by atoms with Crippen LogP contribution in [0.4, 0.5) is 0 Å². The van der Waals surface area contributed by atoms with Crippen molar-refractivity contribution in [3.63, 3.8) is 0 Å². The molecule has 20 heavy (non-hydrogen) atoms. The van der Waals surface area contributed by atoms with E-state index >= 15 is 0 Å². The van der Waals surface area contributed by atoms with Crippen molar-refractivity contribution in [2.45, 2.75) is 71.6 Å². The fourth-order valence-electron chi connectivity index (χ4n) is 2.52. The van der Waals surface area contributed by atoms with Crippen LogP contribution in [0, 0.1) is 0 Å². The SMILES string of the molecule is CCCCCCc1cnc(CCCCC)c2nsnc12. The third-order valence-electron chi connectivity index (χ3n) is 3.76. The third-order valence-corrected chi connectivity index (χ3v) is 4.29. The average Bonchev–Trinajstić information content (AvgIpc) is 2.95. The van der Waals surface area contributed by atoms with Crippen molar-refractivity contribution >= 4 is 22.8 Å². The lowest BCUT2D eigenvalue weighted by Crippen LogP contribution is -1.97. The summed E-state index contributed by atoms with van der Waals surface area (Å²) in [5.41, 5.74) is 4.58. The molecule has 110 valence electrons. The summed E-state index contributed by atoms with van der Waals surface area (Å²) >= 11 is 1.32. The van der Waals surface area contributed by atoms with Crippen molar-refractivity contribution < 1.29 is 0 Å². The molecule has 0 N–H and O–H groups in total. The highest BCUT2D eigenvalue weighted by atomic mass is 32.1. The number of aromatic nitrogens is 3. The highest BCUT2D eigenvalue weighted by molar-refractivity contribution is 7.00. The lowest BCUT2D eigenvalue weighted by molar-refractivity contribution is 0.666. The summed E-state index contributed by atoms with van der Waals surface area (Å²) in [5.74, 6) is 0. The molecule has 0 aromatic carbocycles. The van der Waals surface area contributed by atoms with E-state index in [9.17, 15) is 0 Å². The molecule has 0 unspecified atom stereocenters. The van der Waals surface area contributed by atoms with Gasteiger partial charge in [-0.3, -0.25) is 4.98 Å². The molecule has 4 heteroatoms. The van der Waals surface area contributed by atoms with Crippen LogP contribution in [0.1, 0.15) is 70.1 Å². The van der Waals surface area contributed by atoms with Crippen LogP contribution in [0.2, 0.25) is 0 Å². The summed E-state index contributed by atoms with van der Waals surface area (Å²) in [7, 11) is 0. The van der Waals surface area contributed by atoms with Gasteiger partial charge in [0.1, 0.15) is 11.0 Å². The molecular formula is C16H25N3S. The molecule has 2 heterocycles. The van der Waals surface area contributed by atoms with Crippen LogP contribution in [0.3, 0.4) is 0 Å². The topological polar surface area (TPSA) is 38.7 Å². The van der Waals surface area contributed by atoms with E-state index in [0.29, 0.717) is 0 Å². The monoisotopic (exact) mass is 291 g/mol. The van der Waals surface area contributed by atoms with Crippen molar-refractivity contribution in [2.75, 3.05) is 0 Å². The molecule has 0 fully saturated rings. The minimum atomic E-state index is 1.03. The van der Waals surface area contributed by atoms with Gasteiger partial charge in [0.05, 0.1) is 17.4 Å². The van der Waals surface area contributed by atoms with E-state index in [-0.39, 0.29) is 0 Å². The van der Waals surface area contributed by atoms with Gasteiger partial charge in [0.25, 0.3) is 0 Å². The second-order valence-corrected chi connectivity index (χ2v) is 5.99. The van der Waals surface area contributed by atoms with E-state index in [0.717, 1.165) is 29.6 Å². The lowest BCUT2D eigenvalue weighted by Gasteiger charge is -2.05. The Morgan fingerprint density at radius 2 is 1.55 bits per heavy atom. The molecule has 0 spiro atoms. The zero-order chi connectivity index (χ0) is 14.2. The maximum atomic E-state index is 4.65. The van der Waals surface area contributed by atoms with Gasteiger partial charge in [0.2, 0.25) is 0 Å². The maximum Gasteiger partial charge on any atom is 0.126 e. The molecule has 0 radical (unpaired) electrons. The van der Waals surface area contributed by atoms with Crippen molar-refractivity contribution in [3.05, 3.63) is 17.5 Å². The van der Waals surface area contributed by atoms with Crippen LogP contribution >= 0.6 is 11.7 Å². The lowest BCUT2D eigenvalue weighted by atomic mass is 10.0. The predicted molar refractivity (Wildman–Crippen MR) is 86.3 cm³/mol. The summed E-state index contributed by atoms with van der Waals surface area (Å²) in [6.45, 7) is 4.47. The Kier molecular flexibility index (Phi) is 6.37. The van der Waals surface area contributed by atoms with Gasteiger partial charge < -0.3 is 0 Å². The van der Waals surface area contributed by atoms with Gasteiger partial charge in [0, 0.05) is 6.20 Å². The van der Waals surface area contributed by atoms with Crippen molar-refractivity contribution in [2.24, 2.45) is 0 Å². The van der Waals surface area contributed by atoms with E-state index in [1.165, 1.54) is 62.2 Å². The molecule has 2 aromatic rings. The summed E-state index contributed by atoms with van der Waals surface area (Å²) < 4.78 is 8.97. The fraction of sp³-hybridized carbons (Fsp3) is 0.688. The first-order valence-corrected chi connectivity index (χ1v) is 8.68. The van der Waals surface area contributed by atoms with E-state index in [2.05, 4.69) is 27.6 Å². The first-order chi connectivity index (χ1) is 9.86. The quantitative estimate of drug-likeness (QED) is 0.614. The molecule has 0 saturated heterocycles. The molecule has 0 bridgehead atoms. The Hall–Kier alpha value is -1.03. The van der Waals surface area contributed by atoms with Gasteiger partial charge in [-0.2, -0.15) is 8.75 Å². The molecular weight excluding hydrogens is 266 g/mol. The van der Waals surface area contributed by atoms with Crippen LogP contribution in [0.25, 0.3) is 11.0 Å². The normalized spacial score (nSPS) is 11.3. The highest BCUT2D eigenvalue weighted by Gasteiger charge is 2.11. The Morgan fingerprint density at radius 1 is 0.850 bits per heavy atom. The zero-order valence-corrected chi connectivity index (χ0v) is 13.5. The molecule has 0 amide bonds. The number of aryl methyl sites for hydroxylation is 2. The molecule has 0 saturated carbocycles. The molecule has 0 aliphatic carbocycles. The Bertz CT molecular complexity index is 521. The summed E-state index contributed by atoms with van der Waals surface area (Å²) in [4.78, 5) is 4.65. The van der Waals surface area contributed by atoms with Crippen molar-refractivity contribution in [1.29, 1.82) is 0 Å². The number of rotatable bonds is 9. The first kappa shape index (κ1) is 15.4. The van der Waals surface area contributed by atoms with E-state index in [1.807, 2.05) is 6.20 Å². The van der Waals surface area contributed by atoms with Gasteiger partial charge in [0.15, 0.2) is 0 Å². The zero-order valence-electron chi connectivity index (χ0n) is 12.7. The van der Waals surface area contributed by atoms with Crippen LogP contribution < -0.4 is 0 Å². The van der Waals surface area contributed by atoms with Gasteiger partial charge in [-0.05, 0) is 31.2 Å². The number of pyridine rings is 1. The highest BCUT2D eigenvalue weighted by Crippen LogP contribution is 2.22. The first-order valence-electron chi connectivity index (χ1n) is 7.95. The number of unbranched alkanes of at least 4 members (excludes halogenated alkanes) is 5. The summed E-state index contributed by atoms with van der Waals surface area (Å²) in [6, 6.07) is 0. The van der Waals surface area contributed by atoms with E-state index < -0.39 is 0 Å². The van der Waals surface area contributed by atoms with Gasteiger partial charge in [-0.1, -0.05) is 46.0 Å². The van der Waals surface area contributed by atoms with Crippen molar-refractivity contribution in [3.8, 4) is 0 Å². The Morgan fingerprint density at radius 3 is 2.35 bits per heavy atom. The molecule has 0 atom stereocenters. The predicted octanol–water partition coefficient (Wildman–Crippen LogP) is 4.94. The maximum absolute atomic E-state index is 4.65. The summed E-state index contributed by atoms with van der Waals surface area (Å²) in [6.07, 6.45) is 13.0. The molecule has 2 rings (SSSR count). The second-order valence-electron chi connectivity index (χ2n) is 5.46. The van der Waals surface area contributed by atoms with Crippen molar-refractivity contribution in [1.82, 2.24) is 13.7 Å². The number of hydrogen-bond acceptors (Lipinski definition) is 4. The largest absolute Gasteiger partial charge is 0.259 e. The van der Waals surface area contributed by atoms with E-state index in [4.69, 9.17) is 0 Å². The molecule has 0 aliphatic rings. The standard InChI is InChI=1S/C16H25N3S/c1-3-5-7-9-10-13-12-17-14(11-8-6-4-2)16-15(13)18-20-19-16/h12H,3-11H2,1-2H3. The molecule has 2 aromatic heterocycles. The second kappa shape index (κ2) is 8.30. The minimum absolute atomic E-state index is 1.03. The Balaban J connectivity index is 2.06. The number of hydrogen-bond donors (Lipinski definition) is 0. The van der Waals surface area contributed by atoms with Crippen LogP contribution in [-0.4, -0.2) is 13.7 Å². The van der Waals surface area contributed by atoms with Crippen LogP contribution in [0.15, 0.2) is 6.20 Å². The molecule has 0 aliphatic heterocycles. The Labute approximate surface area is 126 Å². The van der Waals surface area contributed by atoms with E-state index in [1.54, 1.807) is 0 Å². The smallest absolute Gasteiger partial charge is 0.126 e. The fourth-order valence-corrected chi connectivity index (χ4v) is 3.12. The van der Waals surface area contributed by atoms with Gasteiger partial charge in [-0.15, -0.1) is 0 Å². The van der Waals surface area contributed by atoms with Gasteiger partial charge in [-0.25, -0.2) is 0 Å². The average molecular weight is 291 g/mol. The minimum Gasteiger partial charge on any atom is -0.259 e. The number of nitrogens with zero attached hydrogens (tertiary/aromatic N) is 3. The van der Waals surface area contributed by atoms with Crippen LogP contribution in [0.5, 0.6) is 0 Å². The van der Waals surface area contributed by atoms with Crippen LogP contribution in [-0.2, 0) is 12.8 Å². The van der Waals surface area contributed by atoms with Gasteiger partial charge >= 0.3 is 0 Å².